The molecule has 0 spiro atoms. The van der Waals surface area contributed by atoms with Crippen molar-refractivity contribution >= 4 is 45.4 Å². The summed E-state index contributed by atoms with van der Waals surface area (Å²) in [5.41, 5.74) is -29.6. The third kappa shape index (κ3) is 13.6. The van der Waals surface area contributed by atoms with Gasteiger partial charge in [0.15, 0.2) is 12.4 Å². The van der Waals surface area contributed by atoms with Crippen molar-refractivity contribution in [3.8, 4) is 0 Å². The van der Waals surface area contributed by atoms with Gasteiger partial charge in [0.2, 0.25) is 12.3 Å². The van der Waals surface area contributed by atoms with Crippen molar-refractivity contribution < 1.29 is 115 Å². The maximum Gasteiger partial charge on any atom is 0.416 e. The largest absolute Gasteiger partial charge is 0.416 e. The molecule has 392 valence electrons. The van der Waals surface area contributed by atoms with E-state index in [9.17, 15) is 110 Å². The summed E-state index contributed by atoms with van der Waals surface area (Å²) in [5.74, 6) is 0.0544. The number of benzene rings is 5. The average molecular weight is 1100 g/mol. The summed E-state index contributed by atoms with van der Waals surface area (Å²) in [5, 5.41) is 0.587. The number of carbonyl (C=O) groups is 1. The normalized spacial score (nSPS) is 13.4. The maximum atomic E-state index is 14.2. The molecular formula is C45H23BClF24NO. The lowest BCUT2D eigenvalue weighted by molar-refractivity contribution is -0.683. The van der Waals surface area contributed by atoms with Crippen molar-refractivity contribution in [3.05, 3.63) is 183 Å². The molecule has 0 saturated carbocycles. The lowest BCUT2D eigenvalue weighted by Crippen LogP contribution is -2.75. The number of nitrogens with zero attached hydrogens (tertiary/aromatic N) is 1. The number of ketones is 1. The van der Waals surface area contributed by atoms with Gasteiger partial charge in [-0.25, -0.2) is 0 Å². The number of halogens is 25. The number of aromatic nitrogens is 1. The van der Waals surface area contributed by atoms with Gasteiger partial charge in [-0.15, -0.1) is 0 Å². The molecule has 0 aliphatic rings. The van der Waals surface area contributed by atoms with Crippen molar-refractivity contribution in [2.75, 3.05) is 0 Å². The fourth-order valence-electron chi connectivity index (χ4n) is 7.53. The van der Waals surface area contributed by atoms with Crippen LogP contribution >= 0.6 is 11.6 Å². The quantitative estimate of drug-likeness (QED) is 0.0675. The average Bonchev–Trinajstić information content (AvgIpc) is 3.24. The molecule has 0 bridgehead atoms. The fraction of sp³-hybridized carbons (Fsp3) is 0.200. The van der Waals surface area contributed by atoms with Crippen molar-refractivity contribution in [1.82, 2.24) is 0 Å². The number of hydrogen-bond acceptors (Lipinski definition) is 1. The van der Waals surface area contributed by atoms with Crippen LogP contribution in [0.5, 0.6) is 0 Å². The van der Waals surface area contributed by atoms with Gasteiger partial charge in [0.1, 0.15) is 6.15 Å². The van der Waals surface area contributed by atoms with Crippen molar-refractivity contribution in [3.63, 3.8) is 0 Å². The van der Waals surface area contributed by atoms with Gasteiger partial charge in [-0.05, 0) is 36.4 Å². The van der Waals surface area contributed by atoms with Gasteiger partial charge in [0.25, 0.3) is 0 Å². The predicted molar refractivity (Wildman–Crippen MR) is 212 cm³/mol. The van der Waals surface area contributed by atoms with Crippen LogP contribution in [0.1, 0.15) is 54.9 Å². The van der Waals surface area contributed by atoms with Crippen LogP contribution < -0.4 is 26.4 Å². The zero-order chi connectivity index (χ0) is 55.3. The van der Waals surface area contributed by atoms with E-state index in [1.807, 2.05) is 35.2 Å². The fourth-order valence-corrected chi connectivity index (χ4v) is 7.72. The Bertz CT molecular complexity index is 2530. The molecule has 28 heteroatoms. The Kier molecular flexibility index (Phi) is 15.6. The number of hydrogen-bond donors (Lipinski definition) is 0. The number of alkyl halides is 24. The number of rotatable bonds is 7. The molecule has 0 N–H and O–H groups in total. The number of Topliss-reactive ketones (excluding diaryl/α,β-unsaturated/α-hetero) is 1. The Morgan fingerprint density at radius 3 is 0.822 bits per heavy atom. The highest BCUT2D eigenvalue weighted by atomic mass is 35.5. The molecule has 0 radical (unpaired) electrons. The monoisotopic (exact) mass is 1100 g/mol. The van der Waals surface area contributed by atoms with Gasteiger partial charge in [0, 0.05) is 22.7 Å². The zero-order valence-corrected chi connectivity index (χ0v) is 36.0. The van der Waals surface area contributed by atoms with E-state index in [4.69, 9.17) is 11.6 Å². The first-order valence-electron chi connectivity index (χ1n) is 19.6. The second kappa shape index (κ2) is 19.8. The van der Waals surface area contributed by atoms with Crippen LogP contribution in [0.4, 0.5) is 105 Å². The topological polar surface area (TPSA) is 20.9 Å². The zero-order valence-electron chi connectivity index (χ0n) is 35.2. The minimum Gasteiger partial charge on any atom is -0.287 e. The van der Waals surface area contributed by atoms with Gasteiger partial charge in [-0.1, -0.05) is 78.3 Å². The molecule has 6 rings (SSSR count). The molecule has 0 amide bonds. The Morgan fingerprint density at radius 2 is 0.603 bits per heavy atom. The van der Waals surface area contributed by atoms with E-state index in [1.165, 1.54) is 0 Å². The molecule has 0 saturated heterocycles. The standard InChI is InChI=1S/C32H12BF24.C13H11ClNO/c34-25(35,36)13-1-14(26(37,38)39)6-21(5-13)33(22-7-15(27(40,41)42)2-16(8-22)28(43,44)45,23-9-17(29(46,47)48)3-18(10-23)30(49,50)51)24-11-19(31(52,53)54)4-20(12-24)32(55,56)57;14-12-6-4-5-11(9-12)13(16)10-15-7-2-1-3-8-15/h1-12H;1-9H,10H2/q-1;+1. The Labute approximate surface area is 398 Å². The summed E-state index contributed by atoms with van der Waals surface area (Å²) in [6.07, 6.45) is -51.1. The SMILES string of the molecule is FC(F)(F)c1cc([B-](c2cc(C(F)(F)F)cc(C(F)(F)F)c2)(c2cc(C(F)(F)F)cc(C(F)(F)F)c2)c2cc(C(F)(F)F)cc(C(F)(F)F)c2)cc(C(F)(F)F)c1.O=C(C[n+]1ccccc1)c1cccc(Cl)c1. The molecule has 73 heavy (non-hydrogen) atoms. The van der Waals surface area contributed by atoms with Crippen LogP contribution in [0.2, 0.25) is 5.02 Å². The van der Waals surface area contributed by atoms with Crippen molar-refractivity contribution in [2.45, 2.75) is 56.0 Å². The van der Waals surface area contributed by atoms with E-state index in [2.05, 4.69) is 0 Å². The van der Waals surface area contributed by atoms with E-state index in [1.54, 1.807) is 24.3 Å². The molecule has 0 aliphatic heterocycles. The van der Waals surface area contributed by atoms with Crippen LogP contribution in [-0.2, 0) is 56.0 Å². The Balaban J connectivity index is 0.000000520. The molecule has 5 aromatic carbocycles. The summed E-state index contributed by atoms with van der Waals surface area (Å²) in [7, 11) is 0. The molecule has 1 aromatic heterocycles. The summed E-state index contributed by atoms with van der Waals surface area (Å²) >= 11 is 5.83. The summed E-state index contributed by atoms with van der Waals surface area (Å²) < 4.78 is 343. The van der Waals surface area contributed by atoms with Gasteiger partial charge < -0.3 is 0 Å². The van der Waals surface area contributed by atoms with Crippen molar-refractivity contribution in [1.29, 1.82) is 0 Å². The predicted octanol–water partition coefficient (Wildman–Crippen LogP) is 13.7. The lowest BCUT2D eigenvalue weighted by Gasteiger charge is -2.46. The molecule has 0 unspecified atom stereocenters. The first-order valence-corrected chi connectivity index (χ1v) is 20.0. The van der Waals surface area contributed by atoms with Crippen LogP contribution in [0, 0.1) is 0 Å². The second-order valence-corrected chi connectivity index (χ2v) is 16.1. The first-order chi connectivity index (χ1) is 33.0. The summed E-state index contributed by atoms with van der Waals surface area (Å²) in [6.45, 7) is 0.335. The van der Waals surface area contributed by atoms with Gasteiger partial charge in [-0.3, -0.25) is 4.79 Å². The highest BCUT2D eigenvalue weighted by molar-refractivity contribution is 7.20. The van der Waals surface area contributed by atoms with Gasteiger partial charge in [0.05, 0.1) is 44.5 Å². The molecule has 0 aliphatic carbocycles. The minimum absolute atomic E-state index is 0.0544. The van der Waals surface area contributed by atoms with E-state index in [-0.39, 0.29) is 5.78 Å². The Morgan fingerprint density at radius 1 is 0.356 bits per heavy atom. The smallest absolute Gasteiger partial charge is 0.287 e. The van der Waals surface area contributed by atoms with Crippen molar-refractivity contribution in [2.24, 2.45) is 0 Å². The lowest BCUT2D eigenvalue weighted by atomic mass is 9.12. The molecule has 2 nitrogen and oxygen atoms in total. The summed E-state index contributed by atoms with van der Waals surface area (Å²) in [4.78, 5) is 11.9. The van der Waals surface area contributed by atoms with E-state index in [0.717, 1.165) is 0 Å². The van der Waals surface area contributed by atoms with Gasteiger partial charge >= 0.3 is 49.4 Å². The Hall–Kier alpha value is -6.41. The summed E-state index contributed by atoms with van der Waals surface area (Å²) in [6, 6.07) is 3.90. The molecule has 0 atom stereocenters. The second-order valence-electron chi connectivity index (χ2n) is 15.7. The highest BCUT2D eigenvalue weighted by Gasteiger charge is 2.47. The highest BCUT2D eigenvalue weighted by Crippen LogP contribution is 2.41. The van der Waals surface area contributed by atoms with E-state index >= 15 is 0 Å². The number of carbonyl (C=O) groups excluding carboxylic acids is 1. The molecule has 0 fully saturated rings. The van der Waals surface area contributed by atoms with E-state index < -0.39 is 195 Å². The van der Waals surface area contributed by atoms with Gasteiger partial charge in [-0.2, -0.15) is 132 Å². The minimum atomic E-state index is -6.13. The van der Waals surface area contributed by atoms with E-state index in [0.29, 0.717) is 17.1 Å². The molecule has 6 aromatic rings. The molecular weight excluding hydrogens is 1070 g/mol. The van der Waals surface area contributed by atoms with Crippen LogP contribution in [0.15, 0.2) is 128 Å². The molecule has 1 heterocycles. The van der Waals surface area contributed by atoms with Crippen LogP contribution in [0.3, 0.4) is 0 Å². The van der Waals surface area contributed by atoms with Crippen LogP contribution in [-0.4, -0.2) is 11.9 Å². The third-order valence-electron chi connectivity index (χ3n) is 10.7. The van der Waals surface area contributed by atoms with Crippen LogP contribution in [0.25, 0.3) is 0 Å². The third-order valence-corrected chi connectivity index (χ3v) is 10.9. The maximum absolute atomic E-state index is 14.2. The first kappa shape index (κ1) is 57.5. The number of pyridine rings is 1.